The van der Waals surface area contributed by atoms with Crippen molar-refractivity contribution in [2.45, 2.75) is 58.0 Å². The Labute approximate surface area is 193 Å². The number of fused-ring (bicyclic) bond motifs is 2. The number of halogens is 1. The van der Waals surface area contributed by atoms with Crippen molar-refractivity contribution in [1.29, 1.82) is 0 Å². The number of hydrogen-bond donors (Lipinski definition) is 2. The van der Waals surface area contributed by atoms with Crippen molar-refractivity contribution in [3.63, 3.8) is 0 Å². The van der Waals surface area contributed by atoms with Crippen molar-refractivity contribution in [3.8, 4) is 0 Å². The number of rotatable bonds is 6. The molecule has 6 nitrogen and oxygen atoms in total. The molecule has 1 aliphatic carbocycles. The van der Waals surface area contributed by atoms with E-state index < -0.39 is 0 Å². The van der Waals surface area contributed by atoms with Crippen LogP contribution in [0.5, 0.6) is 0 Å². The van der Waals surface area contributed by atoms with E-state index in [4.69, 9.17) is 17.3 Å². The molecule has 0 radical (unpaired) electrons. The van der Waals surface area contributed by atoms with Crippen LogP contribution in [0.3, 0.4) is 0 Å². The molecule has 3 heterocycles. The highest BCUT2D eigenvalue weighted by molar-refractivity contribution is 6.33. The van der Waals surface area contributed by atoms with Gasteiger partial charge in [-0.25, -0.2) is 15.0 Å². The van der Waals surface area contributed by atoms with Crippen molar-refractivity contribution >= 4 is 45.2 Å². The summed E-state index contributed by atoms with van der Waals surface area (Å²) in [5.41, 5.74) is 9.14. The van der Waals surface area contributed by atoms with Gasteiger partial charge in [-0.2, -0.15) is 0 Å². The van der Waals surface area contributed by atoms with Gasteiger partial charge >= 0.3 is 0 Å². The molecule has 0 spiro atoms. The zero-order chi connectivity index (χ0) is 22.2. The van der Waals surface area contributed by atoms with Crippen LogP contribution in [0.2, 0.25) is 5.02 Å². The Balaban J connectivity index is 1.26. The standard InChI is InChI=1S/C25H29ClN6/c1-15(2)30-24-20-9-10-32(25(20)29-14-28-24)19-8-6-16(11-19)3-4-17-5-7-18-13-21(26)23(27)31-22(18)12-17/h5,7,9-10,12-16,19H,3-4,6,8,11H2,1-2H3,(H2,27,31)(H,28,29,30). The van der Waals surface area contributed by atoms with E-state index in [0.717, 1.165) is 34.2 Å². The summed E-state index contributed by atoms with van der Waals surface area (Å²) < 4.78 is 2.36. The van der Waals surface area contributed by atoms with Gasteiger partial charge in [-0.1, -0.05) is 23.7 Å². The molecular formula is C25H29ClN6. The van der Waals surface area contributed by atoms with Crippen LogP contribution < -0.4 is 11.1 Å². The first-order valence-electron chi connectivity index (χ1n) is 11.4. The summed E-state index contributed by atoms with van der Waals surface area (Å²) in [6.07, 6.45) is 9.72. The number of nitrogens with zero attached hydrogens (tertiary/aromatic N) is 4. The fourth-order valence-corrected chi connectivity index (χ4v) is 5.11. The third-order valence-electron chi connectivity index (χ3n) is 6.55. The fourth-order valence-electron chi connectivity index (χ4n) is 4.95. The Hall–Kier alpha value is -2.86. The minimum absolute atomic E-state index is 0.339. The monoisotopic (exact) mass is 448 g/mol. The van der Waals surface area contributed by atoms with Gasteiger partial charge in [0.15, 0.2) is 0 Å². The Morgan fingerprint density at radius 3 is 2.91 bits per heavy atom. The van der Waals surface area contributed by atoms with E-state index in [2.05, 4.69) is 69.1 Å². The lowest BCUT2D eigenvalue weighted by Gasteiger charge is -2.15. The smallest absolute Gasteiger partial charge is 0.145 e. The zero-order valence-corrected chi connectivity index (χ0v) is 19.3. The molecule has 4 aromatic rings. The lowest BCUT2D eigenvalue weighted by Crippen LogP contribution is -2.12. The summed E-state index contributed by atoms with van der Waals surface area (Å²) >= 11 is 6.10. The molecule has 0 bridgehead atoms. The zero-order valence-electron chi connectivity index (χ0n) is 18.6. The first-order chi connectivity index (χ1) is 15.5. The van der Waals surface area contributed by atoms with Gasteiger partial charge in [0, 0.05) is 23.7 Å². The van der Waals surface area contributed by atoms with Crippen LogP contribution in [0, 0.1) is 5.92 Å². The summed E-state index contributed by atoms with van der Waals surface area (Å²) in [5.74, 6) is 2.03. The summed E-state index contributed by atoms with van der Waals surface area (Å²) in [5, 5.41) is 6.08. The molecule has 1 saturated carbocycles. The van der Waals surface area contributed by atoms with Gasteiger partial charge in [0.1, 0.15) is 23.6 Å². The van der Waals surface area contributed by atoms with Crippen LogP contribution in [0.15, 0.2) is 42.9 Å². The number of nitrogen functional groups attached to an aromatic ring is 1. The van der Waals surface area contributed by atoms with Gasteiger partial charge in [0.05, 0.1) is 15.9 Å². The summed E-state index contributed by atoms with van der Waals surface area (Å²) in [7, 11) is 0. The van der Waals surface area contributed by atoms with Gasteiger partial charge < -0.3 is 15.6 Å². The number of aromatic nitrogens is 4. The number of aryl methyl sites for hydroxylation is 1. The van der Waals surface area contributed by atoms with Crippen LogP contribution in [0.4, 0.5) is 11.6 Å². The third-order valence-corrected chi connectivity index (χ3v) is 6.85. The molecule has 0 aliphatic heterocycles. The van der Waals surface area contributed by atoms with E-state index in [1.807, 2.05) is 6.07 Å². The SMILES string of the molecule is CC(C)Nc1ncnc2c1ccn2C1CCC(CCc2ccc3cc(Cl)c(N)nc3c2)C1. The fraction of sp³-hybridized carbons (Fsp3) is 0.400. The number of nitrogens with two attached hydrogens (primary N) is 1. The van der Waals surface area contributed by atoms with Gasteiger partial charge in [-0.05, 0) is 75.6 Å². The second kappa shape index (κ2) is 8.58. The molecule has 5 rings (SSSR count). The molecule has 3 aromatic heterocycles. The predicted octanol–water partition coefficient (Wildman–Crippen LogP) is 6.01. The molecule has 32 heavy (non-hydrogen) atoms. The number of hydrogen-bond acceptors (Lipinski definition) is 5. The Kier molecular flexibility index (Phi) is 5.64. The van der Waals surface area contributed by atoms with Crippen molar-refractivity contribution < 1.29 is 0 Å². The summed E-state index contributed by atoms with van der Waals surface area (Å²) in [6.45, 7) is 4.25. The van der Waals surface area contributed by atoms with Crippen molar-refractivity contribution in [3.05, 3.63) is 53.4 Å². The van der Waals surface area contributed by atoms with Gasteiger partial charge in [-0.3, -0.25) is 0 Å². The second-order valence-corrected chi connectivity index (χ2v) is 9.64. The molecule has 0 saturated heterocycles. The summed E-state index contributed by atoms with van der Waals surface area (Å²) in [6, 6.07) is 11.3. The summed E-state index contributed by atoms with van der Waals surface area (Å²) in [4.78, 5) is 13.5. The topological polar surface area (TPSA) is 81.7 Å². The molecule has 7 heteroatoms. The first-order valence-corrected chi connectivity index (χ1v) is 11.8. The highest BCUT2D eigenvalue weighted by Crippen LogP contribution is 2.39. The van der Waals surface area contributed by atoms with Crippen LogP contribution in [0.1, 0.15) is 51.1 Å². The van der Waals surface area contributed by atoms with E-state index in [1.54, 1.807) is 6.33 Å². The Bertz CT molecular complexity index is 1260. The molecule has 2 unspecified atom stereocenters. The number of pyridine rings is 1. The molecule has 166 valence electrons. The van der Waals surface area contributed by atoms with Crippen LogP contribution in [0.25, 0.3) is 21.9 Å². The number of benzene rings is 1. The minimum Gasteiger partial charge on any atom is -0.382 e. The number of nitrogens with one attached hydrogen (secondary N) is 1. The van der Waals surface area contributed by atoms with Crippen molar-refractivity contribution in [2.75, 3.05) is 11.1 Å². The quantitative estimate of drug-likeness (QED) is 0.377. The van der Waals surface area contributed by atoms with Gasteiger partial charge in [-0.15, -0.1) is 0 Å². The molecule has 1 aliphatic rings. The largest absolute Gasteiger partial charge is 0.382 e. The average molecular weight is 449 g/mol. The second-order valence-electron chi connectivity index (χ2n) is 9.24. The van der Waals surface area contributed by atoms with Gasteiger partial charge in [0.25, 0.3) is 0 Å². The molecule has 1 aromatic carbocycles. The lowest BCUT2D eigenvalue weighted by molar-refractivity contribution is 0.461. The molecule has 1 fully saturated rings. The van der Waals surface area contributed by atoms with Crippen LogP contribution in [-0.4, -0.2) is 25.6 Å². The Morgan fingerprint density at radius 1 is 1.19 bits per heavy atom. The molecular weight excluding hydrogens is 420 g/mol. The predicted molar refractivity (Wildman–Crippen MR) is 132 cm³/mol. The number of anilines is 2. The van der Waals surface area contributed by atoms with Crippen molar-refractivity contribution in [2.24, 2.45) is 5.92 Å². The lowest BCUT2D eigenvalue weighted by atomic mass is 9.97. The molecule has 2 atom stereocenters. The van der Waals surface area contributed by atoms with Gasteiger partial charge in [0.2, 0.25) is 0 Å². The van der Waals surface area contributed by atoms with Crippen molar-refractivity contribution in [1.82, 2.24) is 19.5 Å². The maximum Gasteiger partial charge on any atom is 0.145 e. The first kappa shape index (κ1) is 21.0. The van der Waals surface area contributed by atoms with Crippen LogP contribution >= 0.6 is 11.6 Å². The maximum atomic E-state index is 6.10. The highest BCUT2D eigenvalue weighted by atomic mass is 35.5. The average Bonchev–Trinajstić information content (AvgIpc) is 3.40. The highest BCUT2D eigenvalue weighted by Gasteiger charge is 2.27. The molecule has 0 amide bonds. The minimum atomic E-state index is 0.339. The van der Waals surface area contributed by atoms with E-state index in [1.165, 1.54) is 31.2 Å². The van der Waals surface area contributed by atoms with E-state index >= 15 is 0 Å². The maximum absolute atomic E-state index is 6.10. The van der Waals surface area contributed by atoms with E-state index in [9.17, 15) is 0 Å². The van der Waals surface area contributed by atoms with E-state index in [-0.39, 0.29) is 0 Å². The molecule has 3 N–H and O–H groups in total. The third kappa shape index (κ3) is 4.11. The Morgan fingerprint density at radius 2 is 2.06 bits per heavy atom. The van der Waals surface area contributed by atoms with Crippen LogP contribution in [-0.2, 0) is 6.42 Å². The normalized spacial score (nSPS) is 18.8. The van der Waals surface area contributed by atoms with E-state index in [0.29, 0.717) is 28.8 Å².